The van der Waals surface area contributed by atoms with E-state index in [1.54, 1.807) is 0 Å². The highest BCUT2D eigenvalue weighted by atomic mass is 79.9. The van der Waals surface area contributed by atoms with E-state index >= 15 is 0 Å². The molecule has 0 aliphatic heterocycles. The van der Waals surface area contributed by atoms with E-state index in [1.165, 1.54) is 34.3 Å². The minimum absolute atomic E-state index is 0.339. The minimum Gasteiger partial charge on any atom is -0.315 e. The second kappa shape index (κ2) is 6.04. The molecule has 18 heavy (non-hydrogen) atoms. The molecule has 0 spiro atoms. The average Bonchev–Trinajstić information content (AvgIpc) is 2.95. The van der Waals surface area contributed by atoms with Gasteiger partial charge in [0.2, 0.25) is 0 Å². The highest BCUT2D eigenvalue weighted by molar-refractivity contribution is 9.11. The molecule has 1 saturated carbocycles. The van der Waals surface area contributed by atoms with Gasteiger partial charge in [0.05, 0.1) is 3.79 Å². The van der Waals surface area contributed by atoms with Gasteiger partial charge in [-0.05, 0) is 68.5 Å². The number of thiophene rings is 1. The summed E-state index contributed by atoms with van der Waals surface area (Å²) < 4.78 is 1.23. The van der Waals surface area contributed by atoms with Crippen molar-refractivity contribution in [2.45, 2.75) is 43.7 Å². The molecule has 0 radical (unpaired) electrons. The Labute approximate surface area is 123 Å². The van der Waals surface area contributed by atoms with Crippen LogP contribution in [0.15, 0.2) is 15.9 Å². The van der Waals surface area contributed by atoms with Crippen LogP contribution in [0.25, 0.3) is 0 Å². The van der Waals surface area contributed by atoms with Gasteiger partial charge in [-0.15, -0.1) is 11.3 Å². The van der Waals surface area contributed by atoms with Gasteiger partial charge >= 0.3 is 0 Å². The van der Waals surface area contributed by atoms with Crippen molar-refractivity contribution in [1.82, 2.24) is 10.2 Å². The second-order valence-electron chi connectivity index (χ2n) is 5.46. The molecule has 1 unspecified atom stereocenters. The molecule has 2 nitrogen and oxygen atoms in total. The molecule has 2 rings (SSSR count). The van der Waals surface area contributed by atoms with Gasteiger partial charge in [0.25, 0.3) is 0 Å². The number of hydrogen-bond donors (Lipinski definition) is 1. The van der Waals surface area contributed by atoms with Gasteiger partial charge in [0.1, 0.15) is 0 Å². The quantitative estimate of drug-likeness (QED) is 0.888. The highest BCUT2D eigenvalue weighted by Crippen LogP contribution is 2.38. The standard InChI is InChI=1S/C14H23BrN2S/c1-16-12(10-11-6-7-13(15)18-11)14(17(2)3)8-4-5-9-14/h6-7,12,16H,4-5,8-10H2,1-3H3. The lowest BCUT2D eigenvalue weighted by Crippen LogP contribution is -2.57. The lowest BCUT2D eigenvalue weighted by Gasteiger charge is -2.43. The molecular weight excluding hydrogens is 308 g/mol. The summed E-state index contributed by atoms with van der Waals surface area (Å²) in [5.41, 5.74) is 0.339. The maximum Gasteiger partial charge on any atom is 0.0701 e. The number of halogens is 1. The molecule has 1 aromatic rings. The monoisotopic (exact) mass is 330 g/mol. The first kappa shape index (κ1) is 14.5. The first-order valence-corrected chi connectivity index (χ1v) is 8.28. The van der Waals surface area contributed by atoms with Gasteiger partial charge in [0, 0.05) is 16.5 Å². The van der Waals surface area contributed by atoms with E-state index in [9.17, 15) is 0 Å². The van der Waals surface area contributed by atoms with E-state index in [-0.39, 0.29) is 0 Å². The molecule has 1 N–H and O–H groups in total. The fraction of sp³-hybridized carbons (Fsp3) is 0.714. The average molecular weight is 331 g/mol. The number of nitrogens with one attached hydrogen (secondary N) is 1. The van der Waals surface area contributed by atoms with Gasteiger partial charge in [-0.2, -0.15) is 0 Å². The molecule has 0 aromatic carbocycles. The normalized spacial score (nSPS) is 20.5. The Hall–Kier alpha value is 0.1000. The van der Waals surface area contributed by atoms with Crippen LogP contribution in [0.2, 0.25) is 0 Å². The Morgan fingerprint density at radius 3 is 2.50 bits per heavy atom. The zero-order chi connectivity index (χ0) is 13.2. The van der Waals surface area contributed by atoms with E-state index in [1.807, 2.05) is 11.3 Å². The zero-order valence-corrected chi connectivity index (χ0v) is 13.9. The molecular formula is C14H23BrN2S. The minimum atomic E-state index is 0.339. The Morgan fingerprint density at radius 2 is 2.06 bits per heavy atom. The summed E-state index contributed by atoms with van der Waals surface area (Å²) in [4.78, 5) is 3.92. The summed E-state index contributed by atoms with van der Waals surface area (Å²) in [6.07, 6.45) is 6.50. The van der Waals surface area contributed by atoms with Crippen LogP contribution in [-0.2, 0) is 6.42 Å². The number of rotatable bonds is 5. The fourth-order valence-electron chi connectivity index (χ4n) is 3.32. The largest absolute Gasteiger partial charge is 0.315 e. The van der Waals surface area contributed by atoms with Crippen LogP contribution in [0.5, 0.6) is 0 Å². The summed E-state index contributed by atoms with van der Waals surface area (Å²) >= 11 is 5.42. The third-order valence-corrected chi connectivity index (χ3v) is 6.04. The third kappa shape index (κ3) is 2.82. The van der Waals surface area contributed by atoms with E-state index in [4.69, 9.17) is 0 Å². The maximum absolute atomic E-state index is 3.57. The number of nitrogens with zero attached hydrogens (tertiary/aromatic N) is 1. The van der Waals surface area contributed by atoms with Crippen molar-refractivity contribution in [2.24, 2.45) is 0 Å². The molecule has 0 amide bonds. The fourth-order valence-corrected chi connectivity index (χ4v) is 4.85. The van der Waals surface area contributed by atoms with Crippen LogP contribution in [0.1, 0.15) is 30.6 Å². The number of likely N-dealkylation sites (N-methyl/N-ethyl adjacent to an activating group) is 2. The van der Waals surface area contributed by atoms with Crippen molar-refractivity contribution in [2.75, 3.05) is 21.1 Å². The summed E-state index contributed by atoms with van der Waals surface area (Å²) in [5.74, 6) is 0. The molecule has 102 valence electrons. The molecule has 1 aliphatic carbocycles. The highest BCUT2D eigenvalue weighted by Gasteiger charge is 2.42. The molecule has 1 aliphatic rings. The van der Waals surface area contributed by atoms with Crippen molar-refractivity contribution >= 4 is 27.3 Å². The topological polar surface area (TPSA) is 15.3 Å². The summed E-state index contributed by atoms with van der Waals surface area (Å²) in [6.45, 7) is 0. The molecule has 1 heterocycles. The summed E-state index contributed by atoms with van der Waals surface area (Å²) in [6, 6.07) is 4.95. The smallest absolute Gasteiger partial charge is 0.0701 e. The van der Waals surface area contributed by atoms with E-state index in [0.717, 1.165) is 6.42 Å². The lowest BCUT2D eigenvalue weighted by molar-refractivity contribution is 0.109. The van der Waals surface area contributed by atoms with Crippen LogP contribution >= 0.6 is 27.3 Å². The molecule has 0 bridgehead atoms. The molecule has 4 heteroatoms. The predicted molar refractivity (Wildman–Crippen MR) is 83.5 cm³/mol. The van der Waals surface area contributed by atoms with Gasteiger partial charge in [-0.25, -0.2) is 0 Å². The van der Waals surface area contributed by atoms with Crippen LogP contribution in [-0.4, -0.2) is 37.6 Å². The molecule has 0 saturated heterocycles. The van der Waals surface area contributed by atoms with Crippen molar-refractivity contribution in [3.63, 3.8) is 0 Å². The summed E-state index contributed by atoms with van der Waals surface area (Å²) in [5, 5.41) is 3.57. The SMILES string of the molecule is CNC(Cc1ccc(Br)s1)C1(N(C)C)CCCC1. The Balaban J connectivity index is 2.16. The maximum atomic E-state index is 3.57. The van der Waals surface area contributed by atoms with Crippen LogP contribution < -0.4 is 5.32 Å². The Morgan fingerprint density at radius 1 is 1.39 bits per heavy atom. The van der Waals surface area contributed by atoms with Crippen LogP contribution in [0.4, 0.5) is 0 Å². The van der Waals surface area contributed by atoms with Gasteiger partial charge in [-0.3, -0.25) is 0 Å². The third-order valence-electron chi connectivity index (χ3n) is 4.39. The van der Waals surface area contributed by atoms with Crippen LogP contribution in [0.3, 0.4) is 0 Å². The molecule has 1 fully saturated rings. The first-order valence-electron chi connectivity index (χ1n) is 6.67. The van der Waals surface area contributed by atoms with Crippen molar-refractivity contribution in [1.29, 1.82) is 0 Å². The lowest BCUT2D eigenvalue weighted by atomic mass is 9.84. The van der Waals surface area contributed by atoms with Crippen molar-refractivity contribution in [3.8, 4) is 0 Å². The summed E-state index contributed by atoms with van der Waals surface area (Å²) in [7, 11) is 6.58. The number of hydrogen-bond acceptors (Lipinski definition) is 3. The molecule has 1 aromatic heterocycles. The van der Waals surface area contributed by atoms with Gasteiger partial charge in [0.15, 0.2) is 0 Å². The van der Waals surface area contributed by atoms with Crippen molar-refractivity contribution < 1.29 is 0 Å². The zero-order valence-electron chi connectivity index (χ0n) is 11.5. The van der Waals surface area contributed by atoms with Gasteiger partial charge in [-0.1, -0.05) is 12.8 Å². The van der Waals surface area contributed by atoms with Gasteiger partial charge < -0.3 is 10.2 Å². The predicted octanol–water partition coefficient (Wildman–Crippen LogP) is 3.52. The van der Waals surface area contributed by atoms with E-state index in [2.05, 4.69) is 59.4 Å². The second-order valence-corrected chi connectivity index (χ2v) is 8.00. The Kier molecular flexibility index (Phi) is 4.86. The molecule has 1 atom stereocenters. The Bertz CT molecular complexity index is 383. The van der Waals surface area contributed by atoms with Crippen molar-refractivity contribution in [3.05, 3.63) is 20.8 Å². The first-order chi connectivity index (χ1) is 8.58. The van der Waals surface area contributed by atoms with E-state index < -0.39 is 0 Å². The van der Waals surface area contributed by atoms with Crippen LogP contribution in [0, 0.1) is 0 Å². The van der Waals surface area contributed by atoms with E-state index in [0.29, 0.717) is 11.6 Å².